The van der Waals surface area contributed by atoms with Crippen LogP contribution in [0.5, 0.6) is 0 Å². The van der Waals surface area contributed by atoms with Crippen LogP contribution in [0.3, 0.4) is 0 Å². The Hall–Kier alpha value is -3.94. The van der Waals surface area contributed by atoms with Crippen molar-refractivity contribution >= 4 is 17.2 Å². The highest BCUT2D eigenvalue weighted by Gasteiger charge is 2.35. The molecule has 3 aromatic rings. The van der Waals surface area contributed by atoms with Crippen molar-refractivity contribution in [2.24, 2.45) is 17.0 Å². The highest BCUT2D eigenvalue weighted by molar-refractivity contribution is 6.01. The Bertz CT molecular complexity index is 1620. The zero-order valence-electron chi connectivity index (χ0n) is 22.1. The second-order valence-electron chi connectivity index (χ2n) is 10.7. The van der Waals surface area contributed by atoms with Crippen molar-refractivity contribution in [2.75, 3.05) is 5.32 Å². The molecule has 0 radical (unpaired) electrons. The Labute approximate surface area is 222 Å². The molecule has 8 heteroatoms. The first-order valence-corrected chi connectivity index (χ1v) is 13.7. The van der Waals surface area contributed by atoms with Gasteiger partial charge in [0.1, 0.15) is 16.5 Å². The number of aliphatic imine (C=N–C) groups is 1. The van der Waals surface area contributed by atoms with Crippen LogP contribution in [-0.4, -0.2) is 26.9 Å². The SMILES string of the molecule is CC1CCCC(c2ccc(CN/C(Nc3ccccc3)=c3/c(=O)n(C)c4n(c3=N)[C@H]3CCC[C@H]3N=4)cc2)=N1. The van der Waals surface area contributed by atoms with Crippen LogP contribution >= 0.6 is 0 Å². The zero-order valence-corrected chi connectivity index (χ0v) is 22.1. The molecule has 38 heavy (non-hydrogen) atoms. The van der Waals surface area contributed by atoms with Crippen molar-refractivity contribution in [1.82, 2.24) is 14.5 Å². The molecule has 3 aliphatic rings. The second kappa shape index (κ2) is 10.1. The van der Waals surface area contributed by atoms with Crippen molar-refractivity contribution in [1.29, 1.82) is 5.41 Å². The van der Waals surface area contributed by atoms with Gasteiger partial charge in [-0.25, -0.2) is 4.99 Å². The van der Waals surface area contributed by atoms with Crippen molar-refractivity contribution in [3.8, 4) is 0 Å². The van der Waals surface area contributed by atoms with Gasteiger partial charge in [0.05, 0.1) is 12.1 Å². The lowest BCUT2D eigenvalue weighted by Gasteiger charge is -2.18. The molecule has 0 saturated heterocycles. The minimum absolute atomic E-state index is 0.152. The van der Waals surface area contributed by atoms with Gasteiger partial charge in [0.25, 0.3) is 5.56 Å². The molecule has 1 aromatic heterocycles. The van der Waals surface area contributed by atoms with Gasteiger partial charge in [0, 0.05) is 31.0 Å². The smallest absolute Gasteiger partial charge is 0.267 e. The van der Waals surface area contributed by atoms with Crippen LogP contribution in [0.25, 0.3) is 5.82 Å². The van der Waals surface area contributed by atoms with Gasteiger partial charge in [-0.15, -0.1) is 0 Å². The molecule has 1 unspecified atom stereocenters. The molecule has 0 amide bonds. The normalized spacial score (nSPS) is 22.7. The fourth-order valence-corrected chi connectivity index (χ4v) is 6.00. The maximum absolute atomic E-state index is 13.6. The van der Waals surface area contributed by atoms with Crippen molar-refractivity contribution in [3.05, 3.63) is 92.4 Å². The molecule has 3 N–H and O–H groups in total. The number of anilines is 1. The number of rotatable bonds is 6. The van der Waals surface area contributed by atoms with E-state index < -0.39 is 0 Å². The fourth-order valence-electron chi connectivity index (χ4n) is 6.00. The Morgan fingerprint density at radius 3 is 2.58 bits per heavy atom. The maximum atomic E-state index is 13.6. The monoisotopic (exact) mass is 509 g/mol. The van der Waals surface area contributed by atoms with Crippen molar-refractivity contribution in [3.63, 3.8) is 0 Å². The predicted octanol–water partition coefficient (Wildman–Crippen LogP) is 2.72. The predicted molar refractivity (Wildman–Crippen MR) is 150 cm³/mol. The first-order chi connectivity index (χ1) is 18.5. The molecule has 196 valence electrons. The van der Waals surface area contributed by atoms with Crippen LogP contribution in [0.1, 0.15) is 62.6 Å². The summed E-state index contributed by atoms with van der Waals surface area (Å²) in [4.78, 5) is 23.3. The third kappa shape index (κ3) is 4.48. The molecule has 2 aromatic carbocycles. The number of hydrogen-bond donors (Lipinski definition) is 3. The van der Waals surface area contributed by atoms with E-state index in [0.717, 1.165) is 43.4 Å². The number of fused-ring (bicyclic) bond motifs is 3. The van der Waals surface area contributed by atoms with Gasteiger partial charge in [-0.3, -0.25) is 24.3 Å². The van der Waals surface area contributed by atoms with Crippen LogP contribution in [0, 0.1) is 5.41 Å². The largest absolute Gasteiger partial charge is 0.367 e. The maximum Gasteiger partial charge on any atom is 0.267 e. The lowest BCUT2D eigenvalue weighted by Crippen LogP contribution is -2.59. The molecule has 8 nitrogen and oxygen atoms in total. The van der Waals surface area contributed by atoms with Gasteiger partial charge in [-0.05, 0) is 68.7 Å². The summed E-state index contributed by atoms with van der Waals surface area (Å²) in [5, 5.41) is 16.3. The highest BCUT2D eigenvalue weighted by atomic mass is 16.1. The number of benzene rings is 2. The van der Waals surface area contributed by atoms with Crippen molar-refractivity contribution in [2.45, 2.75) is 70.1 Å². The lowest BCUT2D eigenvalue weighted by molar-refractivity contribution is 0.465. The molecule has 0 spiro atoms. The third-order valence-electron chi connectivity index (χ3n) is 8.03. The minimum atomic E-state index is -0.226. The minimum Gasteiger partial charge on any atom is -0.367 e. The summed E-state index contributed by atoms with van der Waals surface area (Å²) < 4.78 is 3.56. The molecule has 2 aliphatic heterocycles. The summed E-state index contributed by atoms with van der Waals surface area (Å²) in [6.45, 7) is 2.69. The number of para-hydroxylation sites is 1. The quantitative estimate of drug-likeness (QED) is 0.476. The molecule has 0 bridgehead atoms. The Kier molecular flexibility index (Phi) is 6.47. The Morgan fingerprint density at radius 2 is 1.82 bits per heavy atom. The van der Waals surface area contributed by atoms with Crippen molar-refractivity contribution < 1.29 is 0 Å². The van der Waals surface area contributed by atoms with Gasteiger partial charge in [-0.2, -0.15) is 0 Å². The van der Waals surface area contributed by atoms with E-state index >= 15 is 0 Å². The van der Waals surface area contributed by atoms with Crippen LogP contribution in [-0.2, 0) is 13.6 Å². The summed E-state index contributed by atoms with van der Waals surface area (Å²) >= 11 is 0. The van der Waals surface area contributed by atoms with E-state index in [1.807, 2.05) is 34.9 Å². The molecular formula is C30H35N7O. The molecule has 3 heterocycles. The molecule has 1 aliphatic carbocycles. The zero-order chi connectivity index (χ0) is 26.2. The summed E-state index contributed by atoms with van der Waals surface area (Å²) in [5.74, 6) is 0.535. The van der Waals surface area contributed by atoms with Gasteiger partial charge in [0.2, 0.25) is 5.62 Å². The van der Waals surface area contributed by atoms with Gasteiger partial charge in [-0.1, -0.05) is 42.5 Å². The van der Waals surface area contributed by atoms with E-state index in [-0.39, 0.29) is 23.1 Å². The lowest BCUT2D eigenvalue weighted by atomic mass is 9.98. The average Bonchev–Trinajstić information content (AvgIpc) is 3.53. The molecule has 1 fully saturated rings. The van der Waals surface area contributed by atoms with Gasteiger partial charge in [0.15, 0.2) is 0 Å². The van der Waals surface area contributed by atoms with Gasteiger partial charge >= 0.3 is 0 Å². The van der Waals surface area contributed by atoms with E-state index in [4.69, 9.17) is 15.4 Å². The first-order valence-electron chi connectivity index (χ1n) is 13.7. The van der Waals surface area contributed by atoms with Crippen LogP contribution in [0.4, 0.5) is 5.69 Å². The van der Waals surface area contributed by atoms with Crippen LogP contribution in [0.2, 0.25) is 0 Å². The number of hydrogen-bond acceptors (Lipinski definition) is 6. The standard InChI is InChI=1S/C30H35N7O/c1-19-8-6-11-23(33-19)21-16-14-20(15-17-21)18-32-28(34-22-9-4-3-5-10-22)26-27(31)37-25-13-7-12-24(25)35-30(37)36(2)29(26)38/h3-5,9-10,14-17,19,24-25,31-32,34H,6-8,11-13,18H2,1-2H3/b28-26-,31-27?/t19?,24-,25+/m1/s1. The summed E-state index contributed by atoms with van der Waals surface area (Å²) in [6.07, 6.45) is 6.47. The first kappa shape index (κ1) is 24.4. The third-order valence-corrected chi connectivity index (χ3v) is 8.03. The molecular weight excluding hydrogens is 474 g/mol. The van der Waals surface area contributed by atoms with Gasteiger partial charge < -0.3 is 10.6 Å². The number of aromatic nitrogens is 2. The Balaban J connectivity index is 1.38. The second-order valence-corrected chi connectivity index (χ2v) is 10.7. The number of nitrogens with one attached hydrogen (secondary N) is 3. The topological polar surface area (TPSA) is 99.6 Å². The van der Waals surface area contributed by atoms with E-state index in [0.29, 0.717) is 29.2 Å². The fraction of sp³-hybridized carbons (Fsp3) is 0.400. The number of nitrogens with zero attached hydrogens (tertiary/aromatic N) is 4. The summed E-state index contributed by atoms with van der Waals surface area (Å²) in [6, 6.07) is 19.0. The molecule has 3 atom stereocenters. The van der Waals surface area contributed by atoms with Crippen LogP contribution < -0.4 is 32.5 Å². The highest BCUT2D eigenvalue weighted by Crippen LogP contribution is 2.32. The van der Waals surface area contributed by atoms with Crippen LogP contribution in [0.15, 0.2) is 69.4 Å². The van der Waals surface area contributed by atoms with E-state index in [2.05, 4.69) is 41.8 Å². The van der Waals surface area contributed by atoms with E-state index in [1.54, 1.807) is 11.6 Å². The molecule has 6 rings (SSSR count). The summed E-state index contributed by atoms with van der Waals surface area (Å²) in [5.41, 5.74) is 4.91. The molecule has 1 saturated carbocycles. The Morgan fingerprint density at radius 1 is 1.03 bits per heavy atom. The summed E-state index contributed by atoms with van der Waals surface area (Å²) in [7, 11) is 1.76. The van der Waals surface area contributed by atoms with E-state index in [9.17, 15) is 4.79 Å². The van der Waals surface area contributed by atoms with E-state index in [1.165, 1.54) is 17.7 Å². The average molecular weight is 510 g/mol.